The molecule has 178 valence electrons. The summed E-state index contributed by atoms with van der Waals surface area (Å²) in [6.07, 6.45) is -4.97. The first-order valence-electron chi connectivity index (χ1n) is 10.7. The van der Waals surface area contributed by atoms with E-state index in [0.29, 0.717) is 13.1 Å². The number of anilines is 2. The molecule has 33 heavy (non-hydrogen) atoms. The molecule has 3 atom stereocenters. The van der Waals surface area contributed by atoms with Crippen molar-refractivity contribution in [2.24, 2.45) is 0 Å². The Bertz CT molecular complexity index is 947. The fourth-order valence-electron chi connectivity index (χ4n) is 3.75. The van der Waals surface area contributed by atoms with Crippen LogP contribution in [0.15, 0.2) is 48.5 Å². The number of nitrogens with zero attached hydrogens (tertiary/aromatic N) is 1. The van der Waals surface area contributed by atoms with Gasteiger partial charge in [-0.3, -0.25) is 4.79 Å². The van der Waals surface area contributed by atoms with E-state index in [-0.39, 0.29) is 29.2 Å². The van der Waals surface area contributed by atoms with E-state index in [0.717, 1.165) is 5.69 Å². The lowest BCUT2D eigenvalue weighted by atomic mass is 10.1. The molecule has 0 saturated carbocycles. The van der Waals surface area contributed by atoms with E-state index in [1.807, 2.05) is 13.8 Å². The molecule has 1 unspecified atom stereocenters. The zero-order chi connectivity index (χ0) is 24.0. The van der Waals surface area contributed by atoms with E-state index >= 15 is 0 Å². The van der Waals surface area contributed by atoms with Crippen LogP contribution >= 0.6 is 0 Å². The van der Waals surface area contributed by atoms with Gasteiger partial charge in [-0.2, -0.15) is 0 Å². The first-order valence-corrected chi connectivity index (χ1v) is 10.7. The van der Waals surface area contributed by atoms with Gasteiger partial charge in [-0.25, -0.2) is 13.6 Å². The van der Waals surface area contributed by atoms with Crippen molar-refractivity contribution in [2.45, 2.75) is 45.0 Å². The monoisotopic (exact) mass is 462 g/mol. The summed E-state index contributed by atoms with van der Waals surface area (Å²) in [5.41, 5.74) is 1.03. The van der Waals surface area contributed by atoms with Gasteiger partial charge in [-0.15, -0.1) is 0 Å². The third kappa shape index (κ3) is 6.64. The molecule has 0 aliphatic carbocycles. The number of para-hydroxylation sites is 1. The minimum Gasteiger partial charge on any atom is -0.480 e. The molecule has 0 spiro atoms. The molecule has 1 amide bonds. The largest absolute Gasteiger partial charge is 0.480 e. The van der Waals surface area contributed by atoms with Gasteiger partial charge in [0.2, 0.25) is 6.43 Å². The van der Waals surface area contributed by atoms with Gasteiger partial charge in [0.15, 0.2) is 6.10 Å². The fraction of sp³-hybridized carbons (Fsp3) is 0.417. The minimum absolute atomic E-state index is 0.0138. The van der Waals surface area contributed by atoms with E-state index < -0.39 is 30.8 Å². The maximum absolute atomic E-state index is 13.1. The number of methoxy groups -OCH3 is 1. The number of hydrogen-bond donors (Lipinski definition) is 1. The quantitative estimate of drug-likeness (QED) is 0.595. The summed E-state index contributed by atoms with van der Waals surface area (Å²) in [6, 6.07) is 13.2. The Morgan fingerprint density at radius 3 is 2.39 bits per heavy atom. The Balaban J connectivity index is 1.84. The van der Waals surface area contributed by atoms with Crippen molar-refractivity contribution in [3.63, 3.8) is 0 Å². The summed E-state index contributed by atoms with van der Waals surface area (Å²) < 4.78 is 42.4. The number of benzene rings is 2. The molecule has 2 aromatic carbocycles. The van der Waals surface area contributed by atoms with Crippen molar-refractivity contribution >= 4 is 23.3 Å². The highest BCUT2D eigenvalue weighted by Gasteiger charge is 2.28. The lowest BCUT2D eigenvalue weighted by Gasteiger charge is -2.37. The van der Waals surface area contributed by atoms with E-state index in [9.17, 15) is 18.4 Å². The lowest BCUT2D eigenvalue weighted by molar-refractivity contribution is -0.124. The summed E-state index contributed by atoms with van der Waals surface area (Å²) in [7, 11) is 1.23. The Labute approximate surface area is 191 Å². The Kier molecular flexibility index (Phi) is 8.21. The topological polar surface area (TPSA) is 77.1 Å². The van der Waals surface area contributed by atoms with Crippen molar-refractivity contribution in [3.05, 3.63) is 54.1 Å². The van der Waals surface area contributed by atoms with Crippen LogP contribution in [0.25, 0.3) is 0 Å². The first-order chi connectivity index (χ1) is 15.8. The number of halogens is 2. The molecule has 0 aromatic heterocycles. The maximum atomic E-state index is 13.1. The fourth-order valence-corrected chi connectivity index (χ4v) is 3.75. The van der Waals surface area contributed by atoms with Crippen LogP contribution in [0.2, 0.25) is 0 Å². The van der Waals surface area contributed by atoms with Gasteiger partial charge in [0.1, 0.15) is 5.75 Å². The zero-order valence-corrected chi connectivity index (χ0v) is 18.8. The van der Waals surface area contributed by atoms with Gasteiger partial charge in [0.25, 0.3) is 5.91 Å². The molecule has 1 saturated heterocycles. The number of nitrogens with one attached hydrogen (secondary N) is 1. The molecule has 2 aromatic rings. The van der Waals surface area contributed by atoms with Crippen molar-refractivity contribution in [3.8, 4) is 5.75 Å². The van der Waals surface area contributed by atoms with Crippen molar-refractivity contribution in [1.82, 2.24) is 0 Å². The summed E-state index contributed by atoms with van der Waals surface area (Å²) in [4.78, 5) is 27.4. The summed E-state index contributed by atoms with van der Waals surface area (Å²) in [5.74, 6) is -1.15. The second-order valence-electron chi connectivity index (χ2n) is 7.92. The van der Waals surface area contributed by atoms with Crippen LogP contribution in [-0.4, -0.2) is 56.8 Å². The molecular weight excluding hydrogens is 434 g/mol. The number of esters is 1. The van der Waals surface area contributed by atoms with E-state index in [1.165, 1.54) is 7.11 Å². The molecule has 1 N–H and O–H groups in total. The molecule has 1 aliphatic heterocycles. The normalized spacial score (nSPS) is 19.2. The van der Waals surface area contributed by atoms with Crippen LogP contribution in [0.4, 0.5) is 20.2 Å². The third-order valence-corrected chi connectivity index (χ3v) is 5.16. The molecule has 0 radical (unpaired) electrons. The highest BCUT2D eigenvalue weighted by atomic mass is 19.3. The summed E-state index contributed by atoms with van der Waals surface area (Å²) in [6.45, 7) is 5.21. The molecule has 3 rings (SSSR count). The van der Waals surface area contributed by atoms with Crippen molar-refractivity contribution < 1.29 is 32.6 Å². The molecule has 1 fully saturated rings. The van der Waals surface area contributed by atoms with Gasteiger partial charge >= 0.3 is 5.97 Å². The van der Waals surface area contributed by atoms with Gasteiger partial charge < -0.3 is 24.4 Å². The molecule has 7 nitrogen and oxygen atoms in total. The first kappa shape index (κ1) is 24.4. The Hall–Kier alpha value is -3.20. The van der Waals surface area contributed by atoms with Crippen LogP contribution in [0, 0.1) is 0 Å². The Morgan fingerprint density at radius 2 is 1.79 bits per heavy atom. The highest BCUT2D eigenvalue weighted by molar-refractivity contribution is 6.03. The second-order valence-corrected chi connectivity index (χ2v) is 7.92. The maximum Gasteiger partial charge on any atom is 0.340 e. The number of carbonyl (C=O) groups excluding carboxylic acids is 2. The smallest absolute Gasteiger partial charge is 0.340 e. The SMILES string of the molecule is COC(=O)c1cc(N2CC(C)O[C@@H](C)C2)ccc1NC(=O)[C@H](CC(F)F)Oc1ccccc1. The summed E-state index contributed by atoms with van der Waals surface area (Å²) >= 11 is 0. The number of carbonyl (C=O) groups is 2. The van der Waals surface area contributed by atoms with Crippen LogP contribution in [0.1, 0.15) is 30.6 Å². The van der Waals surface area contributed by atoms with Crippen LogP contribution in [0.5, 0.6) is 5.75 Å². The third-order valence-electron chi connectivity index (χ3n) is 5.16. The second kappa shape index (κ2) is 11.1. The van der Waals surface area contributed by atoms with Gasteiger partial charge in [0.05, 0.1) is 37.0 Å². The minimum atomic E-state index is -2.75. The standard InChI is InChI=1S/C24H28F2N2O5/c1-15-13-28(14-16(2)32-15)17-9-10-20(19(11-17)24(30)31-3)27-23(29)21(12-22(25)26)33-18-7-5-4-6-8-18/h4-11,15-16,21-22H,12-14H2,1-3H3,(H,27,29)/t15-,16?,21-/m0/s1. The predicted octanol–water partition coefficient (Wildman–Crippen LogP) is 4.13. The Morgan fingerprint density at radius 1 is 1.12 bits per heavy atom. The number of ether oxygens (including phenoxy) is 3. The molecule has 9 heteroatoms. The predicted molar refractivity (Wildman–Crippen MR) is 120 cm³/mol. The number of alkyl halides is 2. The lowest BCUT2D eigenvalue weighted by Crippen LogP contribution is -2.45. The average Bonchev–Trinajstić information content (AvgIpc) is 2.78. The molecule has 1 heterocycles. The van der Waals surface area contributed by atoms with Crippen molar-refractivity contribution in [1.29, 1.82) is 0 Å². The van der Waals surface area contributed by atoms with Crippen molar-refractivity contribution in [2.75, 3.05) is 30.4 Å². The van der Waals surface area contributed by atoms with Crippen LogP contribution in [-0.2, 0) is 14.3 Å². The van der Waals surface area contributed by atoms with E-state index in [4.69, 9.17) is 14.2 Å². The van der Waals surface area contributed by atoms with Crippen LogP contribution in [0.3, 0.4) is 0 Å². The van der Waals surface area contributed by atoms with E-state index in [2.05, 4.69) is 10.2 Å². The highest BCUT2D eigenvalue weighted by Crippen LogP contribution is 2.27. The number of amides is 1. The zero-order valence-electron chi connectivity index (χ0n) is 18.8. The molecule has 0 bridgehead atoms. The number of rotatable bonds is 8. The van der Waals surface area contributed by atoms with Gasteiger partial charge in [-0.05, 0) is 44.2 Å². The molecule has 1 aliphatic rings. The summed E-state index contributed by atoms with van der Waals surface area (Å²) in [5, 5.41) is 2.56. The molecular formula is C24H28F2N2O5. The average molecular weight is 462 g/mol. The van der Waals surface area contributed by atoms with Gasteiger partial charge in [0, 0.05) is 18.8 Å². The van der Waals surface area contributed by atoms with Gasteiger partial charge in [-0.1, -0.05) is 18.2 Å². The number of hydrogen-bond acceptors (Lipinski definition) is 6. The number of morpholine rings is 1. The van der Waals surface area contributed by atoms with E-state index in [1.54, 1.807) is 48.5 Å². The van der Waals surface area contributed by atoms with Crippen LogP contribution < -0.4 is 15.0 Å².